The quantitative estimate of drug-likeness (QED) is 0.501. The number of aliphatic carboxylic acids is 1. The van der Waals surface area contributed by atoms with Gasteiger partial charge in [-0.15, -0.1) is 11.8 Å². The Labute approximate surface area is 94.5 Å². The van der Waals surface area contributed by atoms with Crippen LogP contribution in [0.3, 0.4) is 0 Å². The second kappa shape index (κ2) is 4.45. The van der Waals surface area contributed by atoms with Crippen molar-refractivity contribution < 1.29 is 9.90 Å². The monoisotopic (exact) mass is 239 g/mol. The van der Waals surface area contributed by atoms with Crippen molar-refractivity contribution in [3.63, 3.8) is 0 Å². The predicted molar refractivity (Wildman–Crippen MR) is 58.0 cm³/mol. The summed E-state index contributed by atoms with van der Waals surface area (Å²) in [5.74, 6) is -0.775. The van der Waals surface area contributed by atoms with Crippen LogP contribution in [0.1, 0.15) is 0 Å². The zero-order valence-electron chi connectivity index (χ0n) is 8.12. The van der Waals surface area contributed by atoms with Gasteiger partial charge in [0.05, 0.1) is 6.33 Å². The average molecular weight is 239 g/mol. The third kappa shape index (κ3) is 2.12. The molecule has 4 N–H and O–H groups in total. The van der Waals surface area contributed by atoms with Crippen LogP contribution in [-0.4, -0.2) is 42.8 Å². The van der Waals surface area contributed by atoms with Gasteiger partial charge >= 0.3 is 5.97 Å². The number of rotatable bonds is 4. The lowest BCUT2D eigenvalue weighted by Gasteiger charge is -2.05. The van der Waals surface area contributed by atoms with Crippen molar-refractivity contribution >= 4 is 28.9 Å². The van der Waals surface area contributed by atoms with E-state index >= 15 is 0 Å². The summed E-state index contributed by atoms with van der Waals surface area (Å²) >= 11 is 1.26. The number of carboxylic acids is 1. The molecule has 0 saturated heterocycles. The van der Waals surface area contributed by atoms with Crippen LogP contribution in [0.15, 0.2) is 17.7 Å². The highest BCUT2D eigenvalue weighted by Gasteiger charge is 2.14. The highest BCUT2D eigenvalue weighted by molar-refractivity contribution is 7.99. The molecular weight excluding hydrogens is 230 g/mol. The van der Waals surface area contributed by atoms with E-state index in [-0.39, 0.29) is 5.75 Å². The van der Waals surface area contributed by atoms with E-state index in [9.17, 15) is 4.79 Å². The first-order chi connectivity index (χ1) is 7.68. The SMILES string of the molecule is N[C@@H](CSc1ncnc2nc[nH]c12)C(=O)O. The zero-order valence-corrected chi connectivity index (χ0v) is 8.94. The van der Waals surface area contributed by atoms with E-state index < -0.39 is 12.0 Å². The molecule has 7 nitrogen and oxygen atoms in total. The summed E-state index contributed by atoms with van der Waals surface area (Å²) in [7, 11) is 0. The maximum atomic E-state index is 10.5. The third-order valence-corrected chi connectivity index (χ3v) is 3.01. The molecule has 1 atom stereocenters. The minimum atomic E-state index is -1.03. The largest absolute Gasteiger partial charge is 0.480 e. The van der Waals surface area contributed by atoms with Crippen LogP contribution in [0.4, 0.5) is 0 Å². The fraction of sp³-hybridized carbons (Fsp3) is 0.250. The van der Waals surface area contributed by atoms with E-state index in [4.69, 9.17) is 10.8 Å². The predicted octanol–water partition coefficient (Wildman–Crippen LogP) is -0.143. The first-order valence-corrected chi connectivity index (χ1v) is 5.42. The van der Waals surface area contributed by atoms with Gasteiger partial charge in [-0.05, 0) is 0 Å². The second-order valence-corrected chi connectivity index (χ2v) is 4.04. The molecule has 0 unspecified atom stereocenters. The maximum absolute atomic E-state index is 10.5. The van der Waals surface area contributed by atoms with Crippen LogP contribution >= 0.6 is 11.8 Å². The standard InChI is InChI=1S/C8H9N5O2S/c9-4(8(14)15)1-16-7-5-6(11-2-10-5)12-3-13-7/h2-4H,1,9H2,(H,14,15)(H,10,11,12,13)/t4-/m0/s1. The number of aromatic nitrogens is 4. The van der Waals surface area contributed by atoms with Crippen molar-refractivity contribution in [1.82, 2.24) is 19.9 Å². The molecule has 0 radical (unpaired) electrons. The Bertz CT molecular complexity index is 514. The van der Waals surface area contributed by atoms with E-state index in [0.717, 1.165) is 0 Å². The van der Waals surface area contributed by atoms with Crippen molar-refractivity contribution in [2.24, 2.45) is 5.73 Å². The Morgan fingerprint density at radius 3 is 3.12 bits per heavy atom. The molecule has 0 saturated carbocycles. The van der Waals surface area contributed by atoms with Crippen LogP contribution in [0.25, 0.3) is 11.2 Å². The molecule has 2 aromatic rings. The van der Waals surface area contributed by atoms with E-state index in [1.807, 2.05) is 0 Å². The van der Waals surface area contributed by atoms with Gasteiger partial charge in [-0.25, -0.2) is 15.0 Å². The number of H-pyrrole nitrogens is 1. The lowest BCUT2D eigenvalue weighted by Crippen LogP contribution is -2.32. The van der Waals surface area contributed by atoms with E-state index in [1.54, 1.807) is 0 Å². The summed E-state index contributed by atoms with van der Waals surface area (Å²) in [4.78, 5) is 25.4. The molecule has 0 bridgehead atoms. The molecule has 2 aromatic heterocycles. The highest BCUT2D eigenvalue weighted by atomic mass is 32.2. The van der Waals surface area contributed by atoms with E-state index in [2.05, 4.69) is 19.9 Å². The molecule has 84 valence electrons. The first kappa shape index (κ1) is 10.8. The molecule has 8 heteroatoms. The van der Waals surface area contributed by atoms with Crippen molar-refractivity contribution in [1.29, 1.82) is 0 Å². The Kier molecular flexibility index (Phi) is 3.02. The molecule has 16 heavy (non-hydrogen) atoms. The fourth-order valence-corrected chi connectivity index (χ4v) is 1.99. The second-order valence-electron chi connectivity index (χ2n) is 3.04. The number of hydrogen-bond donors (Lipinski definition) is 3. The molecule has 0 aliphatic heterocycles. The van der Waals surface area contributed by atoms with Crippen LogP contribution in [0.2, 0.25) is 0 Å². The topological polar surface area (TPSA) is 118 Å². The van der Waals surface area contributed by atoms with Gasteiger partial charge in [0.25, 0.3) is 0 Å². The van der Waals surface area contributed by atoms with Gasteiger partial charge in [-0.1, -0.05) is 0 Å². The van der Waals surface area contributed by atoms with Gasteiger partial charge in [-0.3, -0.25) is 4.79 Å². The van der Waals surface area contributed by atoms with Crippen LogP contribution in [0.5, 0.6) is 0 Å². The summed E-state index contributed by atoms with van der Waals surface area (Å²) < 4.78 is 0. The fourth-order valence-electron chi connectivity index (χ4n) is 1.09. The maximum Gasteiger partial charge on any atom is 0.321 e. The van der Waals surface area contributed by atoms with Gasteiger partial charge < -0.3 is 15.8 Å². The van der Waals surface area contributed by atoms with E-state index in [0.29, 0.717) is 16.2 Å². The molecular formula is C8H9N5O2S. The number of nitrogens with one attached hydrogen (secondary N) is 1. The smallest absolute Gasteiger partial charge is 0.321 e. The summed E-state index contributed by atoms with van der Waals surface area (Å²) in [5, 5.41) is 9.29. The number of fused-ring (bicyclic) bond motifs is 1. The van der Waals surface area contributed by atoms with Crippen molar-refractivity contribution in [2.45, 2.75) is 11.1 Å². The van der Waals surface area contributed by atoms with Gasteiger partial charge in [0.15, 0.2) is 5.65 Å². The van der Waals surface area contributed by atoms with Crippen molar-refractivity contribution in [3.8, 4) is 0 Å². The van der Waals surface area contributed by atoms with Gasteiger partial charge in [0, 0.05) is 5.75 Å². The molecule has 0 aliphatic rings. The summed E-state index contributed by atoms with van der Waals surface area (Å²) in [6, 6.07) is -0.905. The molecule has 2 heterocycles. The number of nitrogens with zero attached hydrogens (tertiary/aromatic N) is 3. The first-order valence-electron chi connectivity index (χ1n) is 4.43. The molecule has 0 spiro atoms. The Balaban J connectivity index is 2.15. The number of thioether (sulfide) groups is 1. The number of aromatic amines is 1. The molecule has 0 aromatic carbocycles. The van der Waals surface area contributed by atoms with Crippen LogP contribution < -0.4 is 5.73 Å². The Hall–Kier alpha value is -1.67. The van der Waals surface area contributed by atoms with Gasteiger partial charge in [0.2, 0.25) is 0 Å². The lowest BCUT2D eigenvalue weighted by atomic mass is 10.4. The number of carboxylic acid groups (broad SMARTS) is 1. The summed E-state index contributed by atoms with van der Waals surface area (Å²) in [6.45, 7) is 0. The zero-order chi connectivity index (χ0) is 11.5. The Morgan fingerprint density at radius 1 is 1.56 bits per heavy atom. The normalized spacial score (nSPS) is 12.8. The molecule has 0 amide bonds. The van der Waals surface area contributed by atoms with E-state index in [1.165, 1.54) is 24.4 Å². The Morgan fingerprint density at radius 2 is 2.38 bits per heavy atom. The molecule has 0 aliphatic carbocycles. The van der Waals surface area contributed by atoms with Crippen LogP contribution in [0, 0.1) is 0 Å². The third-order valence-electron chi connectivity index (χ3n) is 1.91. The molecule has 2 rings (SSSR count). The minimum Gasteiger partial charge on any atom is -0.480 e. The average Bonchev–Trinajstić information content (AvgIpc) is 2.73. The van der Waals surface area contributed by atoms with Crippen LogP contribution in [-0.2, 0) is 4.79 Å². The van der Waals surface area contributed by atoms with Crippen molar-refractivity contribution in [2.75, 3.05) is 5.75 Å². The molecule has 0 fully saturated rings. The number of hydrogen-bond acceptors (Lipinski definition) is 6. The number of imidazole rings is 1. The van der Waals surface area contributed by atoms with Crippen molar-refractivity contribution in [3.05, 3.63) is 12.7 Å². The number of nitrogens with two attached hydrogens (primary N) is 1. The summed E-state index contributed by atoms with van der Waals surface area (Å²) in [5.41, 5.74) is 6.65. The van der Waals surface area contributed by atoms with Gasteiger partial charge in [-0.2, -0.15) is 0 Å². The summed E-state index contributed by atoms with van der Waals surface area (Å²) in [6.07, 6.45) is 2.90. The lowest BCUT2D eigenvalue weighted by molar-refractivity contribution is -0.137. The number of carbonyl (C=O) groups is 1. The minimum absolute atomic E-state index is 0.250. The highest BCUT2D eigenvalue weighted by Crippen LogP contribution is 2.21. The van der Waals surface area contributed by atoms with Gasteiger partial charge in [0.1, 0.15) is 22.9 Å².